The SMILES string of the molecule is C#CC(CC)NC(=O)c1ccc(C)c(C)c1. The lowest BCUT2D eigenvalue weighted by Crippen LogP contribution is -2.33. The highest BCUT2D eigenvalue weighted by Crippen LogP contribution is 2.09. The molecule has 0 saturated heterocycles. The fourth-order valence-electron chi connectivity index (χ4n) is 1.39. The standard InChI is InChI=1S/C14H17NO/c1-5-13(6-2)15-14(16)12-8-7-10(3)11(4)9-12/h1,7-9,13H,6H2,2-4H3,(H,15,16). The van der Waals surface area contributed by atoms with Gasteiger partial charge in [-0.15, -0.1) is 6.42 Å². The van der Waals surface area contributed by atoms with E-state index in [1.807, 2.05) is 39.0 Å². The normalized spacial score (nSPS) is 11.6. The monoisotopic (exact) mass is 215 g/mol. The summed E-state index contributed by atoms with van der Waals surface area (Å²) in [6.45, 7) is 5.96. The van der Waals surface area contributed by atoms with Gasteiger partial charge in [-0.2, -0.15) is 0 Å². The van der Waals surface area contributed by atoms with E-state index < -0.39 is 0 Å². The van der Waals surface area contributed by atoms with E-state index in [2.05, 4.69) is 11.2 Å². The van der Waals surface area contributed by atoms with Gasteiger partial charge in [-0.1, -0.05) is 18.9 Å². The number of terminal acetylenes is 1. The quantitative estimate of drug-likeness (QED) is 0.771. The fourth-order valence-corrected chi connectivity index (χ4v) is 1.39. The Kier molecular flexibility index (Phi) is 4.13. The van der Waals surface area contributed by atoms with Crippen molar-refractivity contribution in [2.75, 3.05) is 0 Å². The van der Waals surface area contributed by atoms with Gasteiger partial charge >= 0.3 is 0 Å². The highest BCUT2D eigenvalue weighted by atomic mass is 16.1. The van der Waals surface area contributed by atoms with Gasteiger partial charge in [-0.3, -0.25) is 4.79 Å². The van der Waals surface area contributed by atoms with Crippen molar-refractivity contribution >= 4 is 5.91 Å². The zero-order valence-electron chi connectivity index (χ0n) is 10.0. The summed E-state index contributed by atoms with van der Waals surface area (Å²) in [4.78, 5) is 11.8. The highest BCUT2D eigenvalue weighted by Gasteiger charge is 2.10. The lowest BCUT2D eigenvalue weighted by atomic mass is 10.1. The van der Waals surface area contributed by atoms with Crippen molar-refractivity contribution in [1.82, 2.24) is 5.32 Å². The molecule has 0 radical (unpaired) electrons. The van der Waals surface area contributed by atoms with E-state index in [1.54, 1.807) is 0 Å². The first kappa shape index (κ1) is 12.3. The highest BCUT2D eigenvalue weighted by molar-refractivity contribution is 5.94. The Morgan fingerprint density at radius 2 is 2.12 bits per heavy atom. The van der Waals surface area contributed by atoms with E-state index in [4.69, 9.17) is 6.42 Å². The van der Waals surface area contributed by atoms with Crippen LogP contribution in [0.2, 0.25) is 0 Å². The Morgan fingerprint density at radius 1 is 1.44 bits per heavy atom. The molecule has 0 heterocycles. The van der Waals surface area contributed by atoms with E-state index in [-0.39, 0.29) is 11.9 Å². The van der Waals surface area contributed by atoms with Crippen LogP contribution in [-0.2, 0) is 0 Å². The molecular weight excluding hydrogens is 198 g/mol. The molecule has 0 aliphatic carbocycles. The molecule has 0 aromatic heterocycles. The number of hydrogen-bond donors (Lipinski definition) is 1. The number of aryl methyl sites for hydroxylation is 2. The third-order valence-corrected chi connectivity index (χ3v) is 2.68. The van der Waals surface area contributed by atoms with Crippen LogP contribution in [0.5, 0.6) is 0 Å². The molecule has 1 rings (SSSR count). The van der Waals surface area contributed by atoms with Gasteiger partial charge in [-0.05, 0) is 43.5 Å². The molecule has 1 atom stereocenters. The van der Waals surface area contributed by atoms with Crippen LogP contribution in [0.4, 0.5) is 0 Å². The predicted octanol–water partition coefficient (Wildman–Crippen LogP) is 2.45. The van der Waals surface area contributed by atoms with Crippen LogP contribution in [0, 0.1) is 26.2 Å². The maximum Gasteiger partial charge on any atom is 0.252 e. The average Bonchev–Trinajstić information content (AvgIpc) is 2.29. The molecule has 16 heavy (non-hydrogen) atoms. The van der Waals surface area contributed by atoms with E-state index in [9.17, 15) is 4.79 Å². The summed E-state index contributed by atoms with van der Waals surface area (Å²) in [5, 5.41) is 2.80. The molecule has 0 bridgehead atoms. The fraction of sp³-hybridized carbons (Fsp3) is 0.357. The molecule has 1 N–H and O–H groups in total. The minimum atomic E-state index is -0.186. The number of benzene rings is 1. The van der Waals surface area contributed by atoms with Gasteiger partial charge in [0.05, 0.1) is 6.04 Å². The second kappa shape index (κ2) is 5.37. The van der Waals surface area contributed by atoms with Crippen molar-refractivity contribution < 1.29 is 4.79 Å². The Labute approximate surface area is 97.1 Å². The first-order chi connectivity index (χ1) is 7.58. The molecule has 0 saturated carbocycles. The van der Waals surface area contributed by atoms with Crippen molar-refractivity contribution in [3.8, 4) is 12.3 Å². The number of carbonyl (C=O) groups excluding carboxylic acids is 1. The molecule has 0 aliphatic rings. The third-order valence-electron chi connectivity index (χ3n) is 2.68. The number of hydrogen-bond acceptors (Lipinski definition) is 1. The van der Waals surface area contributed by atoms with Gasteiger partial charge in [0.1, 0.15) is 0 Å². The zero-order chi connectivity index (χ0) is 12.1. The zero-order valence-corrected chi connectivity index (χ0v) is 10.0. The predicted molar refractivity (Wildman–Crippen MR) is 66.3 cm³/mol. The Bertz CT molecular complexity index is 429. The topological polar surface area (TPSA) is 29.1 Å². The van der Waals surface area contributed by atoms with Gasteiger partial charge in [0.15, 0.2) is 0 Å². The smallest absolute Gasteiger partial charge is 0.252 e. The summed E-state index contributed by atoms with van der Waals surface area (Å²) in [6, 6.07) is 5.46. The minimum absolute atomic E-state index is 0.104. The molecule has 84 valence electrons. The molecular formula is C14H17NO. The van der Waals surface area contributed by atoms with Gasteiger partial charge in [0.2, 0.25) is 0 Å². The summed E-state index contributed by atoms with van der Waals surface area (Å²) in [7, 11) is 0. The van der Waals surface area contributed by atoms with Crippen LogP contribution >= 0.6 is 0 Å². The van der Waals surface area contributed by atoms with E-state index in [0.29, 0.717) is 5.56 Å². The van der Waals surface area contributed by atoms with Crippen LogP contribution in [0.15, 0.2) is 18.2 Å². The summed E-state index contributed by atoms with van der Waals surface area (Å²) in [5.74, 6) is 2.44. The molecule has 2 nitrogen and oxygen atoms in total. The van der Waals surface area contributed by atoms with Crippen LogP contribution < -0.4 is 5.32 Å². The molecule has 0 fully saturated rings. The Morgan fingerprint density at radius 3 is 2.62 bits per heavy atom. The first-order valence-electron chi connectivity index (χ1n) is 5.42. The maximum absolute atomic E-state index is 11.8. The summed E-state index contributed by atoms with van der Waals surface area (Å²) < 4.78 is 0. The van der Waals surface area contributed by atoms with Crippen molar-refractivity contribution in [3.05, 3.63) is 34.9 Å². The second-order valence-corrected chi connectivity index (χ2v) is 3.90. The number of carbonyl (C=O) groups is 1. The average molecular weight is 215 g/mol. The van der Waals surface area contributed by atoms with E-state index in [1.165, 1.54) is 5.56 Å². The van der Waals surface area contributed by atoms with Gasteiger partial charge < -0.3 is 5.32 Å². The number of amides is 1. The number of nitrogens with one attached hydrogen (secondary N) is 1. The minimum Gasteiger partial charge on any atom is -0.338 e. The molecule has 1 aromatic rings. The summed E-state index contributed by atoms with van der Waals surface area (Å²) in [6.07, 6.45) is 6.04. The van der Waals surface area contributed by atoms with E-state index >= 15 is 0 Å². The lowest BCUT2D eigenvalue weighted by molar-refractivity contribution is 0.0945. The molecule has 0 spiro atoms. The number of rotatable bonds is 3. The van der Waals surface area contributed by atoms with Gasteiger partial charge in [0.25, 0.3) is 5.91 Å². The lowest BCUT2D eigenvalue weighted by Gasteiger charge is -2.11. The molecule has 1 unspecified atom stereocenters. The molecule has 1 amide bonds. The Balaban J connectivity index is 2.81. The van der Waals surface area contributed by atoms with Crippen LogP contribution in [-0.4, -0.2) is 11.9 Å². The second-order valence-electron chi connectivity index (χ2n) is 3.90. The Hall–Kier alpha value is -1.75. The van der Waals surface area contributed by atoms with Crippen molar-refractivity contribution in [2.45, 2.75) is 33.2 Å². The van der Waals surface area contributed by atoms with E-state index in [0.717, 1.165) is 12.0 Å². The molecule has 0 aliphatic heterocycles. The third kappa shape index (κ3) is 2.87. The summed E-state index contributed by atoms with van der Waals surface area (Å²) in [5.41, 5.74) is 2.96. The molecule has 1 aromatic carbocycles. The van der Waals surface area contributed by atoms with Crippen molar-refractivity contribution in [1.29, 1.82) is 0 Å². The van der Waals surface area contributed by atoms with Gasteiger partial charge in [0, 0.05) is 5.56 Å². The first-order valence-corrected chi connectivity index (χ1v) is 5.42. The van der Waals surface area contributed by atoms with Crippen LogP contribution in [0.25, 0.3) is 0 Å². The largest absolute Gasteiger partial charge is 0.338 e. The van der Waals surface area contributed by atoms with Crippen LogP contribution in [0.1, 0.15) is 34.8 Å². The molecule has 2 heteroatoms. The van der Waals surface area contributed by atoms with Gasteiger partial charge in [-0.25, -0.2) is 0 Å². The summed E-state index contributed by atoms with van der Waals surface area (Å²) >= 11 is 0. The van der Waals surface area contributed by atoms with Crippen molar-refractivity contribution in [2.24, 2.45) is 0 Å². The maximum atomic E-state index is 11.8. The van der Waals surface area contributed by atoms with Crippen molar-refractivity contribution in [3.63, 3.8) is 0 Å². The van der Waals surface area contributed by atoms with Crippen LogP contribution in [0.3, 0.4) is 0 Å².